The van der Waals surface area contributed by atoms with Gasteiger partial charge in [-0.05, 0) is 12.8 Å². The first-order valence-electron chi connectivity index (χ1n) is 7.00. The predicted molar refractivity (Wildman–Crippen MR) is 70.5 cm³/mol. The Morgan fingerprint density at radius 3 is 1.91 bits per heavy atom. The van der Waals surface area contributed by atoms with Crippen LogP contribution in [0.5, 0.6) is 0 Å². The number of carbonyl (C=O) groups is 3. The number of rotatable bonds is 4. The van der Waals surface area contributed by atoms with Crippen LogP contribution in [-0.2, 0) is 40.2 Å². The molecule has 1 aliphatic carbocycles. The van der Waals surface area contributed by atoms with Gasteiger partial charge in [0.1, 0.15) is 12.3 Å². The van der Waals surface area contributed by atoms with E-state index in [4.69, 9.17) is 11.5 Å². The maximum Gasteiger partial charge on any atom is 2.00 e. The number of amides is 1. The Balaban J connectivity index is 0.000000460. The summed E-state index contributed by atoms with van der Waals surface area (Å²) in [7, 11) is 1.21. The van der Waals surface area contributed by atoms with E-state index in [0.29, 0.717) is 4.90 Å². The SMILES string of the molecule is COCN1C(=O)CC1(C(=O)[O-])C(=O)[O-].N[C@@H]1CCCC[C@H]1N.[Pt+2]. The van der Waals surface area contributed by atoms with E-state index in [1.807, 2.05) is 0 Å². The topological polar surface area (TPSA) is 162 Å². The number of carbonyl (C=O) groups excluding carboxylic acids is 3. The normalized spacial score (nSPS) is 25.3. The second-order valence-corrected chi connectivity index (χ2v) is 5.46. The van der Waals surface area contributed by atoms with Gasteiger partial charge in [0, 0.05) is 19.2 Å². The van der Waals surface area contributed by atoms with E-state index in [9.17, 15) is 24.6 Å². The standard InChI is InChI=1S/C7H9NO6.C6H14N2.Pt/c1-14-3-8-4(9)2-7(8,5(10)11)6(12)13;7-5-3-1-2-4-6(5)8;/h2-3H2,1H3,(H,10,11)(H,12,13);5-6H,1-4,7-8H2;/q;;+2/p-2/t;5-,6-;/m.1./s1. The van der Waals surface area contributed by atoms with E-state index < -0.39 is 36.5 Å². The van der Waals surface area contributed by atoms with Crippen LogP contribution >= 0.6 is 0 Å². The fraction of sp³-hybridized carbons (Fsp3) is 0.769. The van der Waals surface area contributed by atoms with Crippen molar-refractivity contribution in [2.75, 3.05) is 13.8 Å². The van der Waals surface area contributed by atoms with Gasteiger partial charge in [-0.3, -0.25) is 4.79 Å². The Labute approximate surface area is 148 Å². The van der Waals surface area contributed by atoms with E-state index in [1.54, 1.807) is 0 Å². The first-order chi connectivity index (χ1) is 10.3. The van der Waals surface area contributed by atoms with Crippen molar-refractivity contribution in [3.05, 3.63) is 0 Å². The minimum atomic E-state index is -2.37. The number of carboxylic acids is 2. The van der Waals surface area contributed by atoms with E-state index in [-0.39, 0.29) is 33.1 Å². The molecule has 1 aliphatic heterocycles. The molecule has 134 valence electrons. The van der Waals surface area contributed by atoms with Crippen LogP contribution in [0, 0.1) is 0 Å². The van der Waals surface area contributed by atoms with Crippen molar-refractivity contribution < 1.29 is 50.4 Å². The minimum absolute atomic E-state index is 0. The third kappa shape index (κ3) is 4.73. The first-order valence-corrected chi connectivity index (χ1v) is 7.00. The van der Waals surface area contributed by atoms with Crippen molar-refractivity contribution in [1.29, 1.82) is 0 Å². The molecule has 0 aromatic rings. The Morgan fingerprint density at radius 1 is 1.22 bits per heavy atom. The van der Waals surface area contributed by atoms with E-state index in [2.05, 4.69) is 4.74 Å². The van der Waals surface area contributed by atoms with Gasteiger partial charge in [-0.25, -0.2) is 0 Å². The molecule has 2 atom stereocenters. The van der Waals surface area contributed by atoms with Gasteiger partial charge in [0.15, 0.2) is 0 Å². The van der Waals surface area contributed by atoms with Crippen molar-refractivity contribution in [3.63, 3.8) is 0 Å². The zero-order valence-electron chi connectivity index (χ0n) is 12.8. The zero-order valence-corrected chi connectivity index (χ0v) is 15.0. The molecule has 1 amide bonds. The van der Waals surface area contributed by atoms with Crippen LogP contribution in [0.1, 0.15) is 32.1 Å². The largest absolute Gasteiger partial charge is 2.00 e. The summed E-state index contributed by atoms with van der Waals surface area (Å²) in [6.07, 6.45) is 4.15. The van der Waals surface area contributed by atoms with Crippen molar-refractivity contribution in [1.82, 2.24) is 4.90 Å². The first kappa shape index (κ1) is 22.0. The number of carboxylic acid groups (broad SMARTS) is 2. The molecule has 9 nitrogen and oxygen atoms in total. The van der Waals surface area contributed by atoms with Gasteiger partial charge in [-0.2, -0.15) is 0 Å². The quantitative estimate of drug-likeness (QED) is 0.288. The second-order valence-electron chi connectivity index (χ2n) is 5.46. The number of methoxy groups -OCH3 is 1. The molecule has 1 saturated heterocycles. The third-order valence-corrected chi connectivity index (χ3v) is 3.98. The molecule has 0 aromatic carbocycles. The molecule has 10 heteroatoms. The number of hydrogen-bond acceptors (Lipinski definition) is 8. The molecule has 2 fully saturated rings. The smallest absolute Gasteiger partial charge is 0.547 e. The zero-order chi connectivity index (χ0) is 16.9. The molecule has 1 saturated carbocycles. The number of nitrogens with two attached hydrogens (primary N) is 2. The number of β-lactam (4-membered cyclic amide) rings is 1. The Hall–Kier alpha value is -1.02. The summed E-state index contributed by atoms with van der Waals surface area (Å²) in [4.78, 5) is 32.7. The summed E-state index contributed by atoms with van der Waals surface area (Å²) in [5, 5.41) is 21.2. The molecule has 0 radical (unpaired) electrons. The molecule has 0 spiro atoms. The molecule has 4 N–H and O–H groups in total. The van der Waals surface area contributed by atoms with Crippen LogP contribution < -0.4 is 21.7 Å². The maximum absolute atomic E-state index is 10.9. The molecular formula is C13H21N3O6Pt. The van der Waals surface area contributed by atoms with Crippen molar-refractivity contribution in [3.8, 4) is 0 Å². The monoisotopic (exact) mass is 510 g/mol. The van der Waals surface area contributed by atoms with E-state index in [1.165, 1.54) is 20.0 Å². The number of aliphatic carboxylic acids is 2. The second kappa shape index (κ2) is 9.32. The Kier molecular flexibility index (Phi) is 8.90. The summed E-state index contributed by atoms with van der Waals surface area (Å²) in [5.74, 6) is -4.36. The number of nitrogens with zero attached hydrogens (tertiary/aromatic N) is 1. The summed E-state index contributed by atoms with van der Waals surface area (Å²) >= 11 is 0. The summed E-state index contributed by atoms with van der Waals surface area (Å²) in [6.45, 7) is -0.416. The van der Waals surface area contributed by atoms with Gasteiger partial charge in [0.25, 0.3) is 0 Å². The maximum atomic E-state index is 10.9. The van der Waals surface area contributed by atoms with Crippen LogP contribution in [-0.4, -0.2) is 54.2 Å². The number of likely N-dealkylation sites (tertiary alicyclic amines) is 1. The molecule has 2 rings (SSSR count). The van der Waals surface area contributed by atoms with Crippen molar-refractivity contribution >= 4 is 17.8 Å². The van der Waals surface area contributed by atoms with Gasteiger partial charge < -0.3 is 40.9 Å². The van der Waals surface area contributed by atoms with Crippen LogP contribution in [0.4, 0.5) is 0 Å². The van der Waals surface area contributed by atoms with Gasteiger partial charge >= 0.3 is 21.1 Å². The predicted octanol–water partition coefficient (Wildman–Crippen LogP) is -3.73. The van der Waals surface area contributed by atoms with Crippen molar-refractivity contribution in [2.45, 2.75) is 49.7 Å². The molecule has 0 bridgehead atoms. The van der Waals surface area contributed by atoms with Gasteiger partial charge in [0.2, 0.25) is 5.91 Å². The molecule has 1 heterocycles. The van der Waals surface area contributed by atoms with E-state index in [0.717, 1.165) is 12.8 Å². The average molecular weight is 510 g/mol. The molecule has 2 aliphatic rings. The van der Waals surface area contributed by atoms with Gasteiger partial charge in [-0.15, -0.1) is 0 Å². The Morgan fingerprint density at radius 2 is 1.65 bits per heavy atom. The third-order valence-electron chi connectivity index (χ3n) is 3.98. The van der Waals surface area contributed by atoms with Gasteiger partial charge in [-0.1, -0.05) is 12.8 Å². The average Bonchev–Trinajstić information content (AvgIpc) is 2.45. The fourth-order valence-electron chi connectivity index (χ4n) is 2.48. The van der Waals surface area contributed by atoms with Crippen LogP contribution in [0.2, 0.25) is 0 Å². The Bertz CT molecular complexity index is 423. The molecule has 23 heavy (non-hydrogen) atoms. The van der Waals surface area contributed by atoms with Gasteiger partial charge in [0.05, 0.1) is 18.4 Å². The number of hydrogen-bond donors (Lipinski definition) is 2. The fourth-order valence-corrected chi connectivity index (χ4v) is 2.48. The van der Waals surface area contributed by atoms with Crippen LogP contribution in [0.25, 0.3) is 0 Å². The summed E-state index contributed by atoms with van der Waals surface area (Å²) in [5.41, 5.74) is 8.94. The minimum Gasteiger partial charge on any atom is -0.547 e. The van der Waals surface area contributed by atoms with Crippen LogP contribution in [0.15, 0.2) is 0 Å². The van der Waals surface area contributed by atoms with Crippen molar-refractivity contribution in [2.24, 2.45) is 11.5 Å². The van der Waals surface area contributed by atoms with E-state index >= 15 is 0 Å². The summed E-state index contributed by atoms with van der Waals surface area (Å²) < 4.78 is 4.49. The molecular weight excluding hydrogens is 489 g/mol. The molecule has 0 aromatic heterocycles. The number of ether oxygens (including phenoxy) is 1. The summed E-state index contributed by atoms with van der Waals surface area (Å²) in [6, 6.07) is 0.562. The van der Waals surface area contributed by atoms with Crippen LogP contribution in [0.3, 0.4) is 0 Å². The molecule has 0 unspecified atom stereocenters.